The molecule has 0 aromatic heterocycles. The van der Waals surface area contributed by atoms with Gasteiger partial charge in [0.1, 0.15) is 5.78 Å². The lowest BCUT2D eigenvalue weighted by Crippen LogP contribution is -2.30. The van der Waals surface area contributed by atoms with Crippen LogP contribution in [0.1, 0.15) is 60.8 Å². The summed E-state index contributed by atoms with van der Waals surface area (Å²) in [6.07, 6.45) is 3.25. The number of hydrogen-bond acceptors (Lipinski definition) is 1. The monoisotopic (exact) mass is 196 g/mol. The van der Waals surface area contributed by atoms with Crippen molar-refractivity contribution in [1.82, 2.24) is 0 Å². The molecule has 0 radical (unpaired) electrons. The molecule has 0 atom stereocenters. The van der Waals surface area contributed by atoms with Crippen LogP contribution in [0.2, 0.25) is 0 Å². The number of Topliss-reactive ketones (excluding diaryl/α,β-unsaturated/α-hetero) is 1. The van der Waals surface area contributed by atoms with Gasteiger partial charge in [-0.1, -0.05) is 41.5 Å². The average Bonchev–Trinajstić information content (AvgIpc) is 2.64. The van der Waals surface area contributed by atoms with Gasteiger partial charge in [-0.2, -0.15) is 0 Å². The third kappa shape index (κ3) is 2.18. The van der Waals surface area contributed by atoms with Crippen LogP contribution in [-0.4, -0.2) is 5.78 Å². The standard InChI is InChI=1S/C13H24O/c1-11(2,3)10(14)9-13(7-8-13)12(4,5)6/h7-9H2,1-6H3. The largest absolute Gasteiger partial charge is 0.299 e. The van der Waals surface area contributed by atoms with E-state index in [9.17, 15) is 4.79 Å². The number of rotatable bonds is 2. The van der Waals surface area contributed by atoms with Gasteiger partial charge in [-0.05, 0) is 23.7 Å². The fourth-order valence-electron chi connectivity index (χ4n) is 1.92. The smallest absolute Gasteiger partial charge is 0.138 e. The van der Waals surface area contributed by atoms with E-state index in [-0.39, 0.29) is 10.8 Å². The van der Waals surface area contributed by atoms with E-state index in [2.05, 4.69) is 20.8 Å². The van der Waals surface area contributed by atoms with E-state index in [0.717, 1.165) is 6.42 Å². The van der Waals surface area contributed by atoms with Crippen LogP contribution in [0.15, 0.2) is 0 Å². The normalized spacial score (nSPS) is 20.7. The minimum Gasteiger partial charge on any atom is -0.299 e. The fourth-order valence-corrected chi connectivity index (χ4v) is 1.92. The lowest BCUT2D eigenvalue weighted by molar-refractivity contribution is -0.128. The second-order valence-electron chi connectivity index (χ2n) is 6.88. The SMILES string of the molecule is CC(C)(C)C(=O)CC1(C(C)(C)C)CC1. The second kappa shape index (κ2) is 3.08. The third-order valence-electron chi connectivity index (χ3n) is 3.78. The van der Waals surface area contributed by atoms with Crippen LogP contribution >= 0.6 is 0 Å². The van der Waals surface area contributed by atoms with Gasteiger partial charge >= 0.3 is 0 Å². The van der Waals surface area contributed by atoms with Crippen molar-refractivity contribution in [3.63, 3.8) is 0 Å². The van der Waals surface area contributed by atoms with Crippen LogP contribution in [0.25, 0.3) is 0 Å². The highest BCUT2D eigenvalue weighted by Gasteiger charge is 2.53. The van der Waals surface area contributed by atoms with Crippen molar-refractivity contribution in [2.24, 2.45) is 16.2 Å². The molecule has 0 saturated heterocycles. The minimum absolute atomic E-state index is 0.166. The molecular formula is C13H24O. The average molecular weight is 196 g/mol. The molecule has 0 N–H and O–H groups in total. The first kappa shape index (κ1) is 11.7. The molecule has 0 aliphatic heterocycles. The molecule has 1 fully saturated rings. The van der Waals surface area contributed by atoms with Crippen molar-refractivity contribution in [3.05, 3.63) is 0 Å². The maximum atomic E-state index is 12.0. The molecule has 1 aliphatic carbocycles. The Morgan fingerprint density at radius 1 is 1.07 bits per heavy atom. The lowest BCUT2D eigenvalue weighted by Gasteiger charge is -2.32. The molecule has 0 aromatic rings. The maximum Gasteiger partial charge on any atom is 0.138 e. The molecule has 14 heavy (non-hydrogen) atoms. The van der Waals surface area contributed by atoms with E-state index in [4.69, 9.17) is 0 Å². The number of hydrogen-bond donors (Lipinski definition) is 0. The Labute approximate surface area is 88.3 Å². The molecule has 0 unspecified atom stereocenters. The highest BCUT2D eigenvalue weighted by molar-refractivity contribution is 5.84. The van der Waals surface area contributed by atoms with Gasteiger partial charge in [0.15, 0.2) is 0 Å². The molecular weight excluding hydrogens is 172 g/mol. The summed E-state index contributed by atoms with van der Waals surface area (Å²) >= 11 is 0. The zero-order chi connectivity index (χ0) is 11.2. The van der Waals surface area contributed by atoms with Crippen LogP contribution in [-0.2, 0) is 4.79 Å². The molecule has 0 heterocycles. The van der Waals surface area contributed by atoms with Crippen molar-refractivity contribution in [2.45, 2.75) is 60.8 Å². The molecule has 0 bridgehead atoms. The first-order valence-electron chi connectivity index (χ1n) is 5.62. The fraction of sp³-hybridized carbons (Fsp3) is 0.923. The van der Waals surface area contributed by atoms with Crippen LogP contribution < -0.4 is 0 Å². The van der Waals surface area contributed by atoms with Gasteiger partial charge in [-0.3, -0.25) is 4.79 Å². The molecule has 82 valence electrons. The van der Waals surface area contributed by atoms with E-state index in [0.29, 0.717) is 11.2 Å². The summed E-state index contributed by atoms with van der Waals surface area (Å²) < 4.78 is 0. The number of ketones is 1. The molecule has 1 saturated carbocycles. The van der Waals surface area contributed by atoms with Gasteiger partial charge in [0.2, 0.25) is 0 Å². The zero-order valence-electron chi connectivity index (χ0n) is 10.5. The molecule has 1 heteroatoms. The first-order chi connectivity index (χ1) is 6.08. The summed E-state index contributed by atoms with van der Waals surface area (Å²) in [5, 5.41) is 0. The summed E-state index contributed by atoms with van der Waals surface area (Å²) in [5.41, 5.74) is 0.437. The lowest BCUT2D eigenvalue weighted by atomic mass is 9.72. The van der Waals surface area contributed by atoms with Gasteiger partial charge in [0.05, 0.1) is 0 Å². The highest BCUT2D eigenvalue weighted by atomic mass is 16.1. The molecule has 1 nitrogen and oxygen atoms in total. The van der Waals surface area contributed by atoms with Crippen molar-refractivity contribution in [2.75, 3.05) is 0 Å². The Bertz CT molecular complexity index is 233. The van der Waals surface area contributed by atoms with Gasteiger partial charge < -0.3 is 0 Å². The summed E-state index contributed by atoms with van der Waals surface area (Å²) in [5.74, 6) is 0.421. The van der Waals surface area contributed by atoms with Crippen LogP contribution in [0.5, 0.6) is 0 Å². The molecule has 0 amide bonds. The van der Waals surface area contributed by atoms with E-state index < -0.39 is 0 Å². The number of carbonyl (C=O) groups is 1. The highest BCUT2D eigenvalue weighted by Crippen LogP contribution is 2.61. The second-order valence-corrected chi connectivity index (χ2v) is 6.88. The van der Waals surface area contributed by atoms with E-state index in [1.165, 1.54) is 12.8 Å². The minimum atomic E-state index is -0.166. The Morgan fingerprint density at radius 3 is 1.71 bits per heavy atom. The van der Waals surface area contributed by atoms with Crippen molar-refractivity contribution in [1.29, 1.82) is 0 Å². The van der Waals surface area contributed by atoms with Gasteiger partial charge in [-0.25, -0.2) is 0 Å². The summed E-state index contributed by atoms with van der Waals surface area (Å²) in [7, 11) is 0. The predicted octanol–water partition coefficient (Wildman–Crippen LogP) is 3.82. The van der Waals surface area contributed by atoms with Crippen LogP contribution in [0.3, 0.4) is 0 Å². The predicted molar refractivity (Wildman–Crippen MR) is 60.2 cm³/mol. The molecule has 0 aromatic carbocycles. The third-order valence-corrected chi connectivity index (χ3v) is 3.78. The quantitative estimate of drug-likeness (QED) is 0.656. The number of carbonyl (C=O) groups excluding carboxylic acids is 1. The summed E-state index contributed by atoms with van der Waals surface area (Å²) in [6, 6.07) is 0. The Balaban J connectivity index is 2.67. The first-order valence-corrected chi connectivity index (χ1v) is 5.62. The molecule has 0 spiro atoms. The Hall–Kier alpha value is -0.330. The Kier molecular flexibility index (Phi) is 2.58. The van der Waals surface area contributed by atoms with E-state index in [1.807, 2.05) is 20.8 Å². The van der Waals surface area contributed by atoms with Gasteiger partial charge in [-0.15, -0.1) is 0 Å². The van der Waals surface area contributed by atoms with E-state index in [1.54, 1.807) is 0 Å². The van der Waals surface area contributed by atoms with Crippen LogP contribution in [0, 0.1) is 16.2 Å². The maximum absolute atomic E-state index is 12.0. The summed E-state index contributed by atoms with van der Waals surface area (Å²) in [6.45, 7) is 12.8. The molecule has 1 rings (SSSR count). The summed E-state index contributed by atoms with van der Waals surface area (Å²) in [4.78, 5) is 12.0. The van der Waals surface area contributed by atoms with Crippen molar-refractivity contribution in [3.8, 4) is 0 Å². The van der Waals surface area contributed by atoms with Gasteiger partial charge in [0.25, 0.3) is 0 Å². The van der Waals surface area contributed by atoms with E-state index >= 15 is 0 Å². The van der Waals surface area contributed by atoms with Gasteiger partial charge in [0, 0.05) is 11.8 Å². The Morgan fingerprint density at radius 2 is 1.50 bits per heavy atom. The topological polar surface area (TPSA) is 17.1 Å². The zero-order valence-corrected chi connectivity index (χ0v) is 10.5. The van der Waals surface area contributed by atoms with Crippen molar-refractivity contribution < 1.29 is 4.79 Å². The van der Waals surface area contributed by atoms with Crippen LogP contribution in [0.4, 0.5) is 0 Å². The molecule has 1 aliphatic rings. The van der Waals surface area contributed by atoms with Crippen molar-refractivity contribution >= 4 is 5.78 Å².